The van der Waals surface area contributed by atoms with Crippen LogP contribution in [0.4, 0.5) is 0 Å². The van der Waals surface area contributed by atoms with Crippen molar-refractivity contribution >= 4 is 22.3 Å². The van der Waals surface area contributed by atoms with E-state index in [0.717, 1.165) is 22.2 Å². The minimum Gasteiger partial charge on any atom is -0.358 e. The van der Waals surface area contributed by atoms with E-state index in [1.54, 1.807) is 12.2 Å². The highest BCUT2D eigenvalue weighted by Crippen LogP contribution is 2.24. The Kier molecular flexibility index (Phi) is 3.47. The van der Waals surface area contributed by atoms with Crippen LogP contribution in [0, 0.1) is 6.92 Å². The number of hydrogen-bond donors (Lipinski definition) is 1. The van der Waals surface area contributed by atoms with Gasteiger partial charge in [0.15, 0.2) is 5.82 Å². The number of carbonyl (C=O) groups is 1. The zero-order chi connectivity index (χ0) is 15.7. The van der Waals surface area contributed by atoms with Crippen molar-refractivity contribution in [2.45, 2.75) is 13.8 Å². The number of benzene rings is 1. The molecule has 0 fully saturated rings. The molecule has 3 aromatic rings. The molecule has 0 spiro atoms. The molecule has 0 radical (unpaired) electrons. The van der Waals surface area contributed by atoms with Crippen LogP contribution in [-0.2, 0) is 0 Å². The van der Waals surface area contributed by atoms with Crippen LogP contribution in [0.15, 0.2) is 47.5 Å². The zero-order valence-corrected chi connectivity index (χ0v) is 12.4. The van der Waals surface area contributed by atoms with Gasteiger partial charge in [-0.05, 0) is 25.5 Å². The molecule has 0 unspecified atom stereocenters. The first-order valence-electron chi connectivity index (χ1n) is 6.87. The van der Waals surface area contributed by atoms with Gasteiger partial charge in [0.1, 0.15) is 0 Å². The van der Waals surface area contributed by atoms with Gasteiger partial charge in [-0.3, -0.25) is 4.79 Å². The molecule has 0 atom stereocenters. The molecule has 2 heterocycles. The standard InChI is InChI=1S/C17H15N3O2/c1-4-7-10(2)16-19-17(22-20-16)15(21)14-11(3)18-13-9-6-5-8-12(13)14/h4-9,18H,1H2,2-3H3/b10-7+. The van der Waals surface area contributed by atoms with E-state index in [1.807, 2.05) is 38.1 Å². The van der Waals surface area contributed by atoms with Gasteiger partial charge >= 0.3 is 0 Å². The average molecular weight is 293 g/mol. The first-order valence-corrected chi connectivity index (χ1v) is 6.87. The van der Waals surface area contributed by atoms with E-state index in [0.29, 0.717) is 11.4 Å². The average Bonchev–Trinajstić information content (AvgIpc) is 3.10. The number of nitrogens with one attached hydrogen (secondary N) is 1. The maximum atomic E-state index is 12.7. The van der Waals surface area contributed by atoms with Gasteiger partial charge in [-0.25, -0.2) is 0 Å². The van der Waals surface area contributed by atoms with E-state index in [4.69, 9.17) is 4.52 Å². The maximum absolute atomic E-state index is 12.7. The van der Waals surface area contributed by atoms with Crippen molar-refractivity contribution in [2.24, 2.45) is 0 Å². The van der Waals surface area contributed by atoms with Gasteiger partial charge in [0.05, 0.1) is 5.56 Å². The second kappa shape index (κ2) is 5.44. The van der Waals surface area contributed by atoms with Crippen LogP contribution in [-0.4, -0.2) is 20.9 Å². The van der Waals surface area contributed by atoms with Crippen LogP contribution in [0.2, 0.25) is 0 Å². The number of allylic oxidation sites excluding steroid dienone is 3. The van der Waals surface area contributed by atoms with Crippen LogP contribution in [0.3, 0.4) is 0 Å². The lowest BCUT2D eigenvalue weighted by molar-refractivity contribution is 0.0995. The molecule has 2 aromatic heterocycles. The number of aryl methyl sites for hydroxylation is 1. The predicted molar refractivity (Wildman–Crippen MR) is 84.6 cm³/mol. The summed E-state index contributed by atoms with van der Waals surface area (Å²) in [5, 5.41) is 4.69. The van der Waals surface area contributed by atoms with Gasteiger partial charge in [-0.2, -0.15) is 4.98 Å². The number of hydrogen-bond acceptors (Lipinski definition) is 4. The van der Waals surface area contributed by atoms with Crippen molar-refractivity contribution in [1.82, 2.24) is 15.1 Å². The summed E-state index contributed by atoms with van der Waals surface area (Å²) in [6.45, 7) is 7.31. The van der Waals surface area contributed by atoms with Crippen LogP contribution in [0.1, 0.15) is 34.7 Å². The van der Waals surface area contributed by atoms with Gasteiger partial charge in [0, 0.05) is 16.6 Å². The summed E-state index contributed by atoms with van der Waals surface area (Å²) in [5.41, 5.74) is 3.04. The van der Waals surface area contributed by atoms with Gasteiger partial charge in [-0.1, -0.05) is 42.1 Å². The summed E-state index contributed by atoms with van der Waals surface area (Å²) in [6, 6.07) is 7.63. The smallest absolute Gasteiger partial charge is 0.299 e. The highest BCUT2D eigenvalue weighted by Gasteiger charge is 2.23. The van der Waals surface area contributed by atoms with Crippen molar-refractivity contribution in [3.05, 3.63) is 66.0 Å². The van der Waals surface area contributed by atoms with E-state index in [-0.39, 0.29) is 11.7 Å². The van der Waals surface area contributed by atoms with Crippen LogP contribution in [0.25, 0.3) is 16.5 Å². The predicted octanol–water partition coefficient (Wildman–Crippen LogP) is 3.68. The molecule has 0 amide bonds. The molecule has 5 heteroatoms. The molecule has 1 aromatic carbocycles. The fourth-order valence-corrected chi connectivity index (χ4v) is 2.40. The van der Waals surface area contributed by atoms with Gasteiger partial charge < -0.3 is 9.51 Å². The van der Waals surface area contributed by atoms with Gasteiger partial charge in [-0.15, -0.1) is 0 Å². The van der Waals surface area contributed by atoms with Crippen LogP contribution < -0.4 is 0 Å². The van der Waals surface area contributed by atoms with Gasteiger partial charge in [0.25, 0.3) is 11.7 Å². The topological polar surface area (TPSA) is 71.8 Å². The maximum Gasteiger partial charge on any atom is 0.299 e. The summed E-state index contributed by atoms with van der Waals surface area (Å²) < 4.78 is 5.12. The third kappa shape index (κ3) is 2.26. The summed E-state index contributed by atoms with van der Waals surface area (Å²) in [5.74, 6) is 0.0977. The quantitative estimate of drug-likeness (QED) is 0.588. The number of nitrogens with zero attached hydrogens (tertiary/aromatic N) is 2. The summed E-state index contributed by atoms with van der Waals surface area (Å²) in [4.78, 5) is 20.0. The molecular formula is C17H15N3O2. The molecule has 0 bridgehead atoms. The summed E-state index contributed by atoms with van der Waals surface area (Å²) in [6.07, 6.45) is 3.40. The second-order valence-electron chi connectivity index (χ2n) is 5.01. The lowest BCUT2D eigenvalue weighted by Gasteiger charge is -1.95. The van der Waals surface area contributed by atoms with Crippen molar-refractivity contribution in [1.29, 1.82) is 0 Å². The number of fused-ring (bicyclic) bond motifs is 1. The van der Waals surface area contributed by atoms with E-state index < -0.39 is 0 Å². The number of rotatable bonds is 4. The Morgan fingerprint density at radius 3 is 2.91 bits per heavy atom. The first-order chi connectivity index (χ1) is 10.6. The van der Waals surface area contributed by atoms with E-state index in [2.05, 4.69) is 21.7 Å². The molecule has 0 aliphatic carbocycles. The molecule has 0 aliphatic heterocycles. The van der Waals surface area contributed by atoms with Gasteiger partial charge in [0.2, 0.25) is 0 Å². The third-order valence-corrected chi connectivity index (χ3v) is 3.46. The Morgan fingerprint density at radius 2 is 2.14 bits per heavy atom. The minimum atomic E-state index is -0.278. The molecule has 5 nitrogen and oxygen atoms in total. The van der Waals surface area contributed by atoms with Crippen LogP contribution >= 0.6 is 0 Å². The molecule has 0 aliphatic rings. The molecule has 0 saturated heterocycles. The molecular weight excluding hydrogens is 278 g/mol. The number of H-pyrrole nitrogens is 1. The van der Waals surface area contributed by atoms with Crippen molar-refractivity contribution in [3.63, 3.8) is 0 Å². The molecule has 3 rings (SSSR count). The number of aromatic nitrogens is 3. The summed E-state index contributed by atoms with van der Waals surface area (Å²) >= 11 is 0. The highest BCUT2D eigenvalue weighted by molar-refractivity contribution is 6.15. The lowest BCUT2D eigenvalue weighted by Crippen LogP contribution is -2.03. The monoisotopic (exact) mass is 293 g/mol. The van der Waals surface area contributed by atoms with Crippen LogP contribution in [0.5, 0.6) is 0 Å². The second-order valence-corrected chi connectivity index (χ2v) is 5.01. The largest absolute Gasteiger partial charge is 0.358 e. The molecule has 22 heavy (non-hydrogen) atoms. The Balaban J connectivity index is 2.05. The zero-order valence-electron chi connectivity index (χ0n) is 12.4. The van der Waals surface area contributed by atoms with Crippen molar-refractivity contribution in [2.75, 3.05) is 0 Å². The third-order valence-electron chi connectivity index (χ3n) is 3.46. The van der Waals surface area contributed by atoms with Crippen molar-refractivity contribution < 1.29 is 9.32 Å². The molecule has 0 saturated carbocycles. The van der Waals surface area contributed by atoms with Crippen molar-refractivity contribution in [3.8, 4) is 0 Å². The Bertz CT molecular complexity index is 900. The van der Waals surface area contributed by atoms with E-state index in [9.17, 15) is 4.79 Å². The summed E-state index contributed by atoms with van der Waals surface area (Å²) in [7, 11) is 0. The number of aromatic amines is 1. The lowest BCUT2D eigenvalue weighted by atomic mass is 10.1. The SMILES string of the molecule is C=C/C=C(\C)c1noc(C(=O)c2c(C)[nH]c3ccccc23)n1. The fourth-order valence-electron chi connectivity index (χ4n) is 2.40. The Hall–Kier alpha value is -2.95. The highest BCUT2D eigenvalue weighted by atomic mass is 16.5. The number of para-hydroxylation sites is 1. The molecule has 110 valence electrons. The minimum absolute atomic E-state index is 0.0142. The Morgan fingerprint density at radius 1 is 1.36 bits per heavy atom. The van der Waals surface area contributed by atoms with E-state index in [1.165, 1.54) is 0 Å². The number of ketones is 1. The number of carbonyl (C=O) groups excluding carboxylic acids is 1. The Labute approximate surface area is 127 Å². The fraction of sp³-hybridized carbons (Fsp3) is 0.118. The first kappa shape index (κ1) is 14.0. The van der Waals surface area contributed by atoms with E-state index >= 15 is 0 Å². The normalized spacial score (nSPS) is 11.8. The molecule has 1 N–H and O–H groups in total.